The molecule has 0 aliphatic carbocycles. The van der Waals surface area contributed by atoms with Gasteiger partial charge in [-0.3, -0.25) is 9.59 Å². The lowest BCUT2D eigenvalue weighted by Gasteiger charge is -2.06. The molecule has 0 fully saturated rings. The molecule has 0 aliphatic heterocycles. The quantitative estimate of drug-likeness (QED) is 0.688. The molecule has 0 bridgehead atoms. The van der Waals surface area contributed by atoms with E-state index in [-0.39, 0.29) is 23.6 Å². The molecule has 0 saturated heterocycles. The molecule has 3 N–H and O–H groups in total. The number of carbonyl (C=O) groups is 1. The van der Waals surface area contributed by atoms with Crippen molar-refractivity contribution in [2.45, 2.75) is 12.8 Å². The molecule has 0 saturated carbocycles. The Hall–Kier alpha value is -3.15. The van der Waals surface area contributed by atoms with Crippen LogP contribution in [0.15, 0.2) is 53.3 Å². The Morgan fingerprint density at radius 3 is 2.83 bits per heavy atom. The van der Waals surface area contributed by atoms with E-state index >= 15 is 0 Å². The number of aromatic hydroxyl groups is 1. The van der Waals surface area contributed by atoms with Gasteiger partial charge in [0, 0.05) is 24.6 Å². The van der Waals surface area contributed by atoms with Crippen LogP contribution in [0.2, 0.25) is 0 Å². The normalized spacial score (nSPS) is 10.6. The highest BCUT2D eigenvalue weighted by Crippen LogP contribution is 2.15. The zero-order valence-electron chi connectivity index (χ0n) is 12.2. The molecule has 6 nitrogen and oxygen atoms in total. The molecule has 1 aromatic heterocycles. The maximum absolute atomic E-state index is 11.9. The number of phenols is 1. The minimum atomic E-state index is -0.216. The number of aromatic nitrogens is 2. The molecular weight excluding hydrogens is 294 g/mol. The van der Waals surface area contributed by atoms with Crippen molar-refractivity contribution in [3.63, 3.8) is 0 Å². The van der Waals surface area contributed by atoms with Crippen molar-refractivity contribution in [2.24, 2.45) is 0 Å². The number of fused-ring (bicyclic) bond motifs is 1. The Balaban J connectivity index is 1.68. The van der Waals surface area contributed by atoms with Crippen molar-refractivity contribution < 1.29 is 9.90 Å². The minimum absolute atomic E-state index is 0.0864. The van der Waals surface area contributed by atoms with E-state index < -0.39 is 0 Å². The second-order valence-electron chi connectivity index (χ2n) is 5.13. The first kappa shape index (κ1) is 14.8. The van der Waals surface area contributed by atoms with Crippen molar-refractivity contribution in [3.05, 3.63) is 64.7 Å². The van der Waals surface area contributed by atoms with Gasteiger partial charge in [-0.2, -0.15) is 0 Å². The molecule has 3 aromatic rings. The summed E-state index contributed by atoms with van der Waals surface area (Å²) in [5, 5.41) is 12.6. The van der Waals surface area contributed by atoms with Crippen LogP contribution >= 0.6 is 0 Å². The van der Waals surface area contributed by atoms with Crippen molar-refractivity contribution in [1.29, 1.82) is 0 Å². The van der Waals surface area contributed by atoms with Gasteiger partial charge in [0.25, 0.3) is 5.56 Å². The Morgan fingerprint density at radius 2 is 2.00 bits per heavy atom. The van der Waals surface area contributed by atoms with E-state index in [0.717, 1.165) is 0 Å². The molecule has 0 spiro atoms. The summed E-state index contributed by atoms with van der Waals surface area (Å²) >= 11 is 0. The highest BCUT2D eigenvalue weighted by Gasteiger charge is 2.07. The highest BCUT2D eigenvalue weighted by molar-refractivity contribution is 5.91. The van der Waals surface area contributed by atoms with E-state index in [2.05, 4.69) is 15.3 Å². The summed E-state index contributed by atoms with van der Waals surface area (Å²) in [4.78, 5) is 30.9. The smallest absolute Gasteiger partial charge is 0.258 e. The monoisotopic (exact) mass is 309 g/mol. The first-order valence-electron chi connectivity index (χ1n) is 7.18. The van der Waals surface area contributed by atoms with Crippen LogP contribution in [0.25, 0.3) is 10.9 Å². The molecule has 1 amide bonds. The van der Waals surface area contributed by atoms with Crippen molar-refractivity contribution in [2.75, 3.05) is 5.32 Å². The van der Waals surface area contributed by atoms with Gasteiger partial charge in [-0.1, -0.05) is 18.2 Å². The van der Waals surface area contributed by atoms with Crippen LogP contribution in [0.1, 0.15) is 12.2 Å². The first-order valence-corrected chi connectivity index (χ1v) is 7.18. The fourth-order valence-electron chi connectivity index (χ4n) is 2.29. The van der Waals surface area contributed by atoms with Crippen molar-refractivity contribution in [3.8, 4) is 5.75 Å². The van der Waals surface area contributed by atoms with E-state index in [9.17, 15) is 14.7 Å². The number of phenolic OH excluding ortho intramolecular Hbond substituents is 1. The molecule has 1 heterocycles. The number of nitrogens with one attached hydrogen (secondary N) is 2. The molecule has 2 aromatic carbocycles. The van der Waals surface area contributed by atoms with Gasteiger partial charge in [0.2, 0.25) is 5.91 Å². The Bertz CT molecular complexity index is 918. The average Bonchev–Trinajstić information content (AvgIpc) is 2.53. The number of anilines is 1. The lowest BCUT2D eigenvalue weighted by atomic mass is 10.2. The van der Waals surface area contributed by atoms with Crippen molar-refractivity contribution in [1.82, 2.24) is 9.97 Å². The van der Waals surface area contributed by atoms with Crippen LogP contribution in [0.4, 0.5) is 5.69 Å². The maximum Gasteiger partial charge on any atom is 0.258 e. The number of hydrogen-bond acceptors (Lipinski definition) is 4. The molecule has 0 atom stereocenters. The fourth-order valence-corrected chi connectivity index (χ4v) is 2.29. The Morgan fingerprint density at radius 1 is 1.17 bits per heavy atom. The molecule has 0 radical (unpaired) electrons. The van der Waals surface area contributed by atoms with Crippen molar-refractivity contribution >= 4 is 22.5 Å². The summed E-state index contributed by atoms with van der Waals surface area (Å²) in [6.07, 6.45) is 0.502. The van der Waals surface area contributed by atoms with Gasteiger partial charge in [0.1, 0.15) is 11.6 Å². The minimum Gasteiger partial charge on any atom is -0.508 e. The Labute approximate surface area is 131 Å². The number of hydrogen-bond donors (Lipinski definition) is 3. The van der Waals surface area contributed by atoms with Crippen LogP contribution in [0.5, 0.6) is 5.75 Å². The number of aryl methyl sites for hydroxylation is 1. The summed E-state index contributed by atoms with van der Waals surface area (Å²) in [7, 11) is 0. The molecule has 0 aliphatic rings. The molecular formula is C17H15N3O3. The second-order valence-corrected chi connectivity index (χ2v) is 5.13. The summed E-state index contributed by atoms with van der Waals surface area (Å²) < 4.78 is 0. The van der Waals surface area contributed by atoms with Gasteiger partial charge in [-0.25, -0.2) is 4.98 Å². The summed E-state index contributed by atoms with van der Waals surface area (Å²) in [5.74, 6) is 0.342. The number of rotatable bonds is 4. The van der Waals surface area contributed by atoms with Crippen LogP contribution in [0, 0.1) is 0 Å². The highest BCUT2D eigenvalue weighted by atomic mass is 16.3. The lowest BCUT2D eigenvalue weighted by Crippen LogP contribution is -2.16. The second kappa shape index (κ2) is 6.31. The number of aromatic amines is 1. The van der Waals surface area contributed by atoms with Gasteiger partial charge in [0.05, 0.1) is 10.9 Å². The first-order chi connectivity index (χ1) is 11.1. The number of amides is 1. The molecule has 6 heteroatoms. The van der Waals surface area contributed by atoms with Gasteiger partial charge in [-0.15, -0.1) is 0 Å². The third kappa shape index (κ3) is 3.55. The number of benzene rings is 2. The predicted molar refractivity (Wildman–Crippen MR) is 87.4 cm³/mol. The molecule has 0 unspecified atom stereocenters. The summed E-state index contributed by atoms with van der Waals surface area (Å²) in [6.45, 7) is 0. The van der Waals surface area contributed by atoms with E-state index in [1.54, 1.807) is 30.3 Å². The SMILES string of the molecule is O=C(CCc1nc2ccccc2c(=O)[nH]1)Nc1cccc(O)c1. The largest absolute Gasteiger partial charge is 0.508 e. The van der Waals surface area contributed by atoms with Crippen LogP contribution in [0.3, 0.4) is 0 Å². The lowest BCUT2D eigenvalue weighted by molar-refractivity contribution is -0.116. The molecule has 3 rings (SSSR count). The van der Waals surface area contributed by atoms with Gasteiger partial charge >= 0.3 is 0 Å². The number of nitrogens with zero attached hydrogens (tertiary/aromatic N) is 1. The summed E-state index contributed by atoms with van der Waals surface area (Å²) in [6, 6.07) is 13.4. The summed E-state index contributed by atoms with van der Waals surface area (Å²) in [5.41, 5.74) is 0.925. The standard InChI is InChI=1S/C17H15N3O3/c21-12-5-3-4-11(10-12)18-16(22)9-8-15-19-14-7-2-1-6-13(14)17(23)20-15/h1-7,10,21H,8-9H2,(H,18,22)(H,19,20,23). The van der Waals surface area contributed by atoms with Gasteiger partial charge in [-0.05, 0) is 24.3 Å². The predicted octanol–water partition coefficient (Wildman–Crippen LogP) is 2.20. The zero-order chi connectivity index (χ0) is 16.2. The van der Waals surface area contributed by atoms with E-state index in [1.807, 2.05) is 6.07 Å². The number of para-hydroxylation sites is 1. The molecule has 23 heavy (non-hydrogen) atoms. The fraction of sp³-hybridized carbons (Fsp3) is 0.118. The van der Waals surface area contributed by atoms with Crippen LogP contribution < -0.4 is 10.9 Å². The van der Waals surface area contributed by atoms with Crippen LogP contribution in [-0.4, -0.2) is 21.0 Å². The third-order valence-electron chi connectivity index (χ3n) is 3.38. The number of carbonyl (C=O) groups excluding carboxylic acids is 1. The maximum atomic E-state index is 11.9. The average molecular weight is 309 g/mol. The third-order valence-corrected chi connectivity index (χ3v) is 3.38. The van der Waals surface area contributed by atoms with E-state index in [4.69, 9.17) is 0 Å². The number of H-pyrrole nitrogens is 1. The van der Waals surface area contributed by atoms with E-state index in [0.29, 0.717) is 28.8 Å². The topological polar surface area (TPSA) is 95.1 Å². The zero-order valence-corrected chi connectivity index (χ0v) is 12.2. The molecule has 116 valence electrons. The van der Waals surface area contributed by atoms with E-state index in [1.165, 1.54) is 12.1 Å². The van der Waals surface area contributed by atoms with Crippen LogP contribution in [-0.2, 0) is 11.2 Å². The van der Waals surface area contributed by atoms with Gasteiger partial charge < -0.3 is 15.4 Å². The Kier molecular flexibility index (Phi) is 4.05. The van der Waals surface area contributed by atoms with Gasteiger partial charge in [0.15, 0.2) is 0 Å².